The number of aliphatic carboxylic acids is 1. The maximum Gasteiger partial charge on any atom is 0.326 e. The smallest absolute Gasteiger partial charge is 0.326 e. The van der Waals surface area contributed by atoms with E-state index >= 15 is 0 Å². The summed E-state index contributed by atoms with van der Waals surface area (Å²) in [7, 11) is 0. The van der Waals surface area contributed by atoms with Gasteiger partial charge in [0.2, 0.25) is 0 Å². The molecule has 2 atom stereocenters. The average molecular weight is 305 g/mol. The van der Waals surface area contributed by atoms with Gasteiger partial charge in [-0.2, -0.15) is 0 Å². The number of thiophene rings is 1. The van der Waals surface area contributed by atoms with Crippen molar-refractivity contribution in [2.75, 3.05) is 0 Å². The van der Waals surface area contributed by atoms with Crippen molar-refractivity contribution in [1.82, 2.24) is 10.6 Å². The Bertz CT molecular complexity index is 462. The molecule has 1 aromatic heterocycles. The number of nitrogens with one attached hydrogen (secondary N) is 2. The molecule has 0 aliphatic rings. The Hall–Kier alpha value is -1.27. The van der Waals surface area contributed by atoms with Gasteiger partial charge in [-0.15, -0.1) is 11.3 Å². The van der Waals surface area contributed by atoms with E-state index in [1.54, 1.807) is 19.9 Å². The van der Waals surface area contributed by atoms with Crippen LogP contribution >= 0.6 is 22.9 Å². The molecule has 1 heterocycles. The fourth-order valence-electron chi connectivity index (χ4n) is 1.53. The number of carboxylic acids is 1. The highest BCUT2D eigenvalue weighted by molar-refractivity contribution is 7.16. The molecule has 0 aromatic carbocycles. The SMILES string of the molecule is CC(NC(=O)N[C@@H](C(=O)O)C(C)C)c1ccc(Cl)s1. The van der Waals surface area contributed by atoms with Gasteiger partial charge in [0, 0.05) is 4.88 Å². The summed E-state index contributed by atoms with van der Waals surface area (Å²) in [6.07, 6.45) is 0. The van der Waals surface area contributed by atoms with Gasteiger partial charge in [0.15, 0.2) is 0 Å². The maximum absolute atomic E-state index is 11.7. The fraction of sp³-hybridized carbons (Fsp3) is 0.500. The lowest BCUT2D eigenvalue weighted by molar-refractivity contribution is -0.140. The van der Waals surface area contributed by atoms with E-state index in [9.17, 15) is 9.59 Å². The van der Waals surface area contributed by atoms with Gasteiger partial charge in [0.25, 0.3) is 0 Å². The topological polar surface area (TPSA) is 78.4 Å². The van der Waals surface area contributed by atoms with Crippen molar-refractivity contribution < 1.29 is 14.7 Å². The Balaban J connectivity index is 2.57. The van der Waals surface area contributed by atoms with E-state index < -0.39 is 18.0 Å². The third kappa shape index (κ3) is 4.72. The van der Waals surface area contributed by atoms with Gasteiger partial charge < -0.3 is 15.7 Å². The Kier molecular flexibility index (Phi) is 5.62. The first-order chi connectivity index (χ1) is 8.81. The molecule has 1 aromatic rings. The molecule has 5 nitrogen and oxygen atoms in total. The van der Waals surface area contributed by atoms with Gasteiger partial charge in [-0.25, -0.2) is 9.59 Å². The van der Waals surface area contributed by atoms with Crippen LogP contribution in [0.3, 0.4) is 0 Å². The van der Waals surface area contributed by atoms with Crippen LogP contribution in [0.5, 0.6) is 0 Å². The number of amides is 2. The molecule has 0 fully saturated rings. The van der Waals surface area contributed by atoms with E-state index in [1.807, 2.05) is 13.0 Å². The van der Waals surface area contributed by atoms with Crippen molar-refractivity contribution >= 4 is 34.9 Å². The van der Waals surface area contributed by atoms with Crippen LogP contribution in [0.2, 0.25) is 4.34 Å². The van der Waals surface area contributed by atoms with Crippen LogP contribution in [-0.4, -0.2) is 23.1 Å². The molecule has 0 saturated carbocycles. The van der Waals surface area contributed by atoms with Gasteiger partial charge in [-0.05, 0) is 25.0 Å². The number of rotatable bonds is 5. The number of carbonyl (C=O) groups excluding carboxylic acids is 1. The predicted molar refractivity (Wildman–Crippen MR) is 75.7 cm³/mol. The van der Waals surface area contributed by atoms with Gasteiger partial charge in [-0.1, -0.05) is 25.4 Å². The second kappa shape index (κ2) is 6.77. The fourth-order valence-corrected chi connectivity index (χ4v) is 2.59. The summed E-state index contributed by atoms with van der Waals surface area (Å²) in [5, 5.41) is 14.1. The third-order valence-corrected chi connectivity index (χ3v) is 4.00. The molecule has 0 saturated heterocycles. The first kappa shape index (κ1) is 15.8. The van der Waals surface area contributed by atoms with E-state index in [1.165, 1.54) is 11.3 Å². The number of hydrogen-bond acceptors (Lipinski definition) is 3. The molecule has 3 N–H and O–H groups in total. The quantitative estimate of drug-likeness (QED) is 0.782. The van der Waals surface area contributed by atoms with E-state index in [-0.39, 0.29) is 12.0 Å². The van der Waals surface area contributed by atoms with E-state index in [4.69, 9.17) is 16.7 Å². The standard InChI is InChI=1S/C12H17ClN2O3S/c1-6(2)10(11(16)17)15-12(18)14-7(3)8-4-5-9(13)19-8/h4-7,10H,1-3H3,(H,16,17)(H2,14,15,18)/t7?,10-/m1/s1. The van der Waals surface area contributed by atoms with Crippen LogP contribution in [-0.2, 0) is 4.79 Å². The molecule has 0 aliphatic heterocycles. The molecule has 0 radical (unpaired) electrons. The zero-order valence-electron chi connectivity index (χ0n) is 10.9. The molecule has 0 spiro atoms. The van der Waals surface area contributed by atoms with Crippen molar-refractivity contribution in [3.8, 4) is 0 Å². The Morgan fingerprint density at radius 3 is 2.32 bits per heavy atom. The van der Waals surface area contributed by atoms with Crippen molar-refractivity contribution in [3.05, 3.63) is 21.3 Å². The number of urea groups is 1. The lowest BCUT2D eigenvalue weighted by atomic mass is 10.1. The Labute approximate surface area is 121 Å². The zero-order valence-corrected chi connectivity index (χ0v) is 12.5. The van der Waals surface area contributed by atoms with Gasteiger partial charge in [0.05, 0.1) is 10.4 Å². The zero-order chi connectivity index (χ0) is 14.6. The second-order valence-electron chi connectivity index (χ2n) is 4.54. The number of carbonyl (C=O) groups is 2. The summed E-state index contributed by atoms with van der Waals surface area (Å²) < 4.78 is 0.648. The monoisotopic (exact) mass is 304 g/mol. The van der Waals surface area contributed by atoms with Crippen LogP contribution in [0.15, 0.2) is 12.1 Å². The highest BCUT2D eigenvalue weighted by atomic mass is 35.5. The summed E-state index contributed by atoms with van der Waals surface area (Å²) >= 11 is 7.20. The summed E-state index contributed by atoms with van der Waals surface area (Å²) in [6, 6.07) is 1.96. The van der Waals surface area contributed by atoms with Crippen LogP contribution in [0.25, 0.3) is 0 Å². The molecular weight excluding hydrogens is 288 g/mol. The third-order valence-electron chi connectivity index (χ3n) is 2.59. The first-order valence-electron chi connectivity index (χ1n) is 5.86. The molecule has 19 heavy (non-hydrogen) atoms. The van der Waals surface area contributed by atoms with Crippen LogP contribution in [0.1, 0.15) is 31.7 Å². The van der Waals surface area contributed by atoms with Crippen molar-refractivity contribution in [1.29, 1.82) is 0 Å². The van der Waals surface area contributed by atoms with Crippen LogP contribution in [0.4, 0.5) is 4.79 Å². The van der Waals surface area contributed by atoms with E-state index in [0.29, 0.717) is 4.34 Å². The second-order valence-corrected chi connectivity index (χ2v) is 6.29. The van der Waals surface area contributed by atoms with Crippen molar-refractivity contribution in [3.63, 3.8) is 0 Å². The summed E-state index contributed by atoms with van der Waals surface area (Å²) in [5.74, 6) is -1.23. The minimum Gasteiger partial charge on any atom is -0.480 e. The summed E-state index contributed by atoms with van der Waals surface area (Å²) in [6.45, 7) is 5.29. The van der Waals surface area contributed by atoms with E-state index in [2.05, 4.69) is 10.6 Å². The highest BCUT2D eigenvalue weighted by Crippen LogP contribution is 2.26. The molecular formula is C12H17ClN2O3S. The molecule has 1 unspecified atom stereocenters. The number of hydrogen-bond donors (Lipinski definition) is 3. The van der Waals surface area contributed by atoms with Gasteiger partial charge >= 0.3 is 12.0 Å². The van der Waals surface area contributed by atoms with Crippen LogP contribution < -0.4 is 10.6 Å². The van der Waals surface area contributed by atoms with E-state index in [0.717, 1.165) is 4.88 Å². The summed E-state index contributed by atoms with van der Waals surface area (Å²) in [5.41, 5.74) is 0. The van der Waals surface area contributed by atoms with Crippen molar-refractivity contribution in [2.24, 2.45) is 5.92 Å². The average Bonchev–Trinajstić information content (AvgIpc) is 2.72. The maximum atomic E-state index is 11.7. The predicted octanol–water partition coefficient (Wildman–Crippen LogP) is 2.87. The minimum absolute atomic E-state index is 0.185. The largest absolute Gasteiger partial charge is 0.480 e. The molecule has 106 valence electrons. The molecule has 7 heteroatoms. The Morgan fingerprint density at radius 1 is 1.26 bits per heavy atom. The molecule has 2 amide bonds. The lowest BCUT2D eigenvalue weighted by Gasteiger charge is -2.20. The van der Waals surface area contributed by atoms with Crippen LogP contribution in [0, 0.1) is 5.92 Å². The molecule has 0 bridgehead atoms. The minimum atomic E-state index is -1.04. The number of carboxylic acid groups (broad SMARTS) is 1. The lowest BCUT2D eigenvalue weighted by Crippen LogP contribution is -2.49. The molecule has 0 aliphatic carbocycles. The molecule has 1 rings (SSSR count). The highest BCUT2D eigenvalue weighted by Gasteiger charge is 2.24. The Morgan fingerprint density at radius 2 is 1.89 bits per heavy atom. The summed E-state index contributed by atoms with van der Waals surface area (Å²) in [4.78, 5) is 23.6. The first-order valence-corrected chi connectivity index (χ1v) is 7.05. The van der Waals surface area contributed by atoms with Gasteiger partial charge in [-0.3, -0.25) is 0 Å². The van der Waals surface area contributed by atoms with Crippen molar-refractivity contribution in [2.45, 2.75) is 32.9 Å². The number of halogens is 1. The normalized spacial score (nSPS) is 13.9. The van der Waals surface area contributed by atoms with Gasteiger partial charge in [0.1, 0.15) is 6.04 Å².